The van der Waals surface area contributed by atoms with Gasteiger partial charge in [-0.05, 0) is 31.2 Å². The summed E-state index contributed by atoms with van der Waals surface area (Å²) in [5, 5.41) is 4.61. The van der Waals surface area contributed by atoms with E-state index in [1.807, 2.05) is 0 Å². The summed E-state index contributed by atoms with van der Waals surface area (Å²) < 4.78 is 14.2. The van der Waals surface area contributed by atoms with Crippen LogP contribution in [0.25, 0.3) is 0 Å². The van der Waals surface area contributed by atoms with E-state index in [0.29, 0.717) is 16.3 Å². The number of carbonyl (C=O) groups excluding carboxylic acids is 1. The summed E-state index contributed by atoms with van der Waals surface area (Å²) in [6.07, 6.45) is 1.60. The number of rotatable bonds is 3. The van der Waals surface area contributed by atoms with E-state index in [1.165, 1.54) is 28.9 Å². The lowest BCUT2D eigenvalue weighted by atomic mass is 10.1. The van der Waals surface area contributed by atoms with Crippen molar-refractivity contribution in [1.29, 1.82) is 0 Å². The number of nitrogens with zero attached hydrogens (tertiary/aromatic N) is 2. The molecule has 0 aliphatic carbocycles. The van der Waals surface area contributed by atoms with Gasteiger partial charge >= 0.3 is 0 Å². The van der Waals surface area contributed by atoms with Gasteiger partial charge in [-0.1, -0.05) is 11.6 Å². The number of hydrogen-bond donors (Lipinski definition) is 0. The highest BCUT2D eigenvalue weighted by molar-refractivity contribution is 6.31. The van der Waals surface area contributed by atoms with Gasteiger partial charge in [0.2, 0.25) is 0 Å². The molecule has 0 aliphatic heterocycles. The van der Waals surface area contributed by atoms with Crippen molar-refractivity contribution in [3.63, 3.8) is 0 Å². The third kappa shape index (κ3) is 2.71. The van der Waals surface area contributed by atoms with Gasteiger partial charge < -0.3 is 0 Å². The molecule has 0 saturated carbocycles. The van der Waals surface area contributed by atoms with E-state index >= 15 is 0 Å². The first-order valence-corrected chi connectivity index (χ1v) is 5.42. The number of hydrogen-bond acceptors (Lipinski definition) is 2. The standard InChI is InChI=1S/C12H10ClFN2O/c1-8-11(13)6-16(15-8)7-12(17)9-2-4-10(14)5-3-9/h2-6H,7H2,1H3. The lowest BCUT2D eigenvalue weighted by Gasteiger charge is -2.01. The van der Waals surface area contributed by atoms with Crippen LogP contribution in [0.5, 0.6) is 0 Å². The number of aryl methyl sites for hydroxylation is 1. The minimum Gasteiger partial charge on any atom is -0.292 e. The third-order valence-corrected chi connectivity index (χ3v) is 2.73. The Morgan fingerprint density at radius 2 is 2.06 bits per heavy atom. The zero-order valence-electron chi connectivity index (χ0n) is 9.15. The van der Waals surface area contributed by atoms with Gasteiger partial charge in [-0.25, -0.2) is 4.39 Å². The van der Waals surface area contributed by atoms with E-state index in [9.17, 15) is 9.18 Å². The monoisotopic (exact) mass is 252 g/mol. The molecule has 2 aromatic rings. The molecule has 0 aliphatic rings. The van der Waals surface area contributed by atoms with Crippen molar-refractivity contribution in [2.75, 3.05) is 0 Å². The molecule has 0 fully saturated rings. The molecule has 1 aromatic heterocycles. The van der Waals surface area contributed by atoms with E-state index in [4.69, 9.17) is 11.6 Å². The predicted octanol–water partition coefficient (Wildman–Crippen LogP) is 2.87. The van der Waals surface area contributed by atoms with Gasteiger partial charge in [-0.2, -0.15) is 5.10 Å². The molecule has 0 amide bonds. The fraction of sp³-hybridized carbons (Fsp3) is 0.167. The Morgan fingerprint density at radius 1 is 1.41 bits per heavy atom. The average molecular weight is 253 g/mol. The molecule has 3 nitrogen and oxygen atoms in total. The maximum Gasteiger partial charge on any atom is 0.184 e. The SMILES string of the molecule is Cc1nn(CC(=O)c2ccc(F)cc2)cc1Cl. The molecule has 0 N–H and O–H groups in total. The van der Waals surface area contributed by atoms with Crippen molar-refractivity contribution in [2.45, 2.75) is 13.5 Å². The Kier molecular flexibility index (Phi) is 3.24. The van der Waals surface area contributed by atoms with Crippen LogP contribution >= 0.6 is 11.6 Å². The number of benzene rings is 1. The lowest BCUT2D eigenvalue weighted by Crippen LogP contribution is -2.11. The Morgan fingerprint density at radius 3 is 2.59 bits per heavy atom. The van der Waals surface area contributed by atoms with E-state index in [2.05, 4.69) is 5.10 Å². The van der Waals surface area contributed by atoms with Gasteiger partial charge in [0.05, 0.1) is 10.7 Å². The van der Waals surface area contributed by atoms with Gasteiger partial charge in [0, 0.05) is 11.8 Å². The molecule has 0 radical (unpaired) electrons. The first kappa shape index (κ1) is 11.8. The second-order valence-corrected chi connectivity index (χ2v) is 4.10. The molecular weight excluding hydrogens is 243 g/mol. The Bertz CT molecular complexity index is 529. The maximum atomic E-state index is 12.7. The largest absolute Gasteiger partial charge is 0.292 e. The highest BCUT2D eigenvalue weighted by atomic mass is 35.5. The second-order valence-electron chi connectivity index (χ2n) is 3.69. The van der Waals surface area contributed by atoms with Crippen LogP contribution in [0.2, 0.25) is 5.02 Å². The number of carbonyl (C=O) groups is 1. The maximum absolute atomic E-state index is 12.7. The summed E-state index contributed by atoms with van der Waals surface area (Å²) >= 11 is 5.84. The van der Waals surface area contributed by atoms with Crippen molar-refractivity contribution in [1.82, 2.24) is 9.78 Å². The smallest absolute Gasteiger partial charge is 0.184 e. The van der Waals surface area contributed by atoms with Crippen LogP contribution in [-0.2, 0) is 6.54 Å². The Labute approximate surface area is 103 Å². The average Bonchev–Trinajstić information content (AvgIpc) is 2.58. The van der Waals surface area contributed by atoms with E-state index in [0.717, 1.165) is 0 Å². The van der Waals surface area contributed by atoms with Gasteiger partial charge in [0.15, 0.2) is 5.78 Å². The normalized spacial score (nSPS) is 10.5. The summed E-state index contributed by atoms with van der Waals surface area (Å²) in [5.74, 6) is -0.497. The van der Waals surface area contributed by atoms with Crippen LogP contribution in [-0.4, -0.2) is 15.6 Å². The summed E-state index contributed by atoms with van der Waals surface area (Å²) in [4.78, 5) is 11.8. The van der Waals surface area contributed by atoms with Crippen LogP contribution in [0, 0.1) is 12.7 Å². The zero-order valence-corrected chi connectivity index (χ0v) is 9.91. The van der Waals surface area contributed by atoms with E-state index < -0.39 is 0 Å². The van der Waals surface area contributed by atoms with Crippen molar-refractivity contribution in [3.8, 4) is 0 Å². The minimum absolute atomic E-state index is 0.0964. The fourth-order valence-corrected chi connectivity index (χ4v) is 1.60. The van der Waals surface area contributed by atoms with Crippen LogP contribution < -0.4 is 0 Å². The lowest BCUT2D eigenvalue weighted by molar-refractivity contribution is 0.0967. The third-order valence-electron chi connectivity index (χ3n) is 2.36. The fourth-order valence-electron chi connectivity index (χ4n) is 1.45. The van der Waals surface area contributed by atoms with Gasteiger partial charge in [-0.3, -0.25) is 9.48 Å². The molecule has 1 aromatic carbocycles. The van der Waals surface area contributed by atoms with Crippen LogP contribution in [0.4, 0.5) is 4.39 Å². The number of ketones is 1. The van der Waals surface area contributed by atoms with Crippen LogP contribution in [0.1, 0.15) is 16.1 Å². The number of aromatic nitrogens is 2. The minimum atomic E-state index is -0.362. The quantitative estimate of drug-likeness (QED) is 0.788. The van der Waals surface area contributed by atoms with E-state index in [-0.39, 0.29) is 18.1 Å². The van der Waals surface area contributed by atoms with Gasteiger partial charge in [0.25, 0.3) is 0 Å². The zero-order chi connectivity index (χ0) is 12.4. The highest BCUT2D eigenvalue weighted by Gasteiger charge is 2.09. The molecule has 2 rings (SSSR count). The molecule has 17 heavy (non-hydrogen) atoms. The summed E-state index contributed by atoms with van der Waals surface area (Å²) in [5.41, 5.74) is 1.13. The molecule has 0 unspecified atom stereocenters. The summed E-state index contributed by atoms with van der Waals surface area (Å²) in [6, 6.07) is 5.42. The van der Waals surface area contributed by atoms with Gasteiger partial charge in [-0.15, -0.1) is 0 Å². The molecule has 88 valence electrons. The Hall–Kier alpha value is -1.68. The first-order chi connectivity index (χ1) is 8.06. The van der Waals surface area contributed by atoms with Crippen LogP contribution in [0.3, 0.4) is 0 Å². The van der Waals surface area contributed by atoms with Gasteiger partial charge in [0.1, 0.15) is 12.4 Å². The van der Waals surface area contributed by atoms with E-state index in [1.54, 1.807) is 13.1 Å². The molecule has 5 heteroatoms. The second kappa shape index (κ2) is 4.67. The number of Topliss-reactive ketones (excluding diaryl/α,β-unsaturated/α-hetero) is 1. The van der Waals surface area contributed by atoms with Crippen molar-refractivity contribution in [2.24, 2.45) is 0 Å². The molecule has 0 saturated heterocycles. The van der Waals surface area contributed by atoms with Crippen molar-refractivity contribution in [3.05, 3.63) is 52.6 Å². The molecule has 1 heterocycles. The van der Waals surface area contributed by atoms with Crippen molar-refractivity contribution < 1.29 is 9.18 Å². The predicted molar refractivity (Wildman–Crippen MR) is 62.7 cm³/mol. The molecule has 0 spiro atoms. The molecular formula is C12H10ClFN2O. The summed E-state index contributed by atoms with van der Waals surface area (Å²) in [6.45, 7) is 1.86. The number of halogens is 2. The first-order valence-electron chi connectivity index (χ1n) is 5.04. The molecule has 0 bridgehead atoms. The highest BCUT2D eigenvalue weighted by Crippen LogP contribution is 2.12. The topological polar surface area (TPSA) is 34.9 Å². The summed E-state index contributed by atoms with van der Waals surface area (Å²) in [7, 11) is 0. The van der Waals surface area contributed by atoms with Crippen LogP contribution in [0.15, 0.2) is 30.5 Å². The molecule has 0 atom stereocenters. The van der Waals surface area contributed by atoms with Crippen molar-refractivity contribution >= 4 is 17.4 Å². The Balaban J connectivity index is 2.14.